The van der Waals surface area contributed by atoms with Crippen molar-refractivity contribution in [3.05, 3.63) is 64.7 Å². The second kappa shape index (κ2) is 10.4. The quantitative estimate of drug-likeness (QED) is 0.455. The minimum Gasteiger partial charge on any atom is -0.494 e. The fraction of sp³-hybridized carbons (Fsp3) is 0.444. The zero-order valence-electron chi connectivity index (χ0n) is 20.5. The molecular formula is C27H34N4O3. The minimum absolute atomic E-state index is 0.0855. The highest BCUT2D eigenvalue weighted by atomic mass is 16.5. The fourth-order valence-electron chi connectivity index (χ4n) is 4.32. The van der Waals surface area contributed by atoms with E-state index in [4.69, 9.17) is 9.72 Å². The number of carbonyl (C=O) groups excluding carboxylic acids is 1. The molecule has 1 unspecified atom stereocenters. The molecular weight excluding hydrogens is 428 g/mol. The molecule has 0 saturated heterocycles. The molecule has 1 fully saturated rings. The molecule has 0 radical (unpaired) electrons. The van der Waals surface area contributed by atoms with Crippen LogP contribution in [0.5, 0.6) is 5.75 Å². The van der Waals surface area contributed by atoms with Gasteiger partial charge in [-0.25, -0.2) is 4.98 Å². The molecule has 2 aromatic carbocycles. The predicted octanol–water partition coefficient (Wildman–Crippen LogP) is 4.04. The highest BCUT2D eigenvalue weighted by Crippen LogP contribution is 2.35. The number of fused-ring (bicyclic) bond motifs is 1. The highest BCUT2D eigenvalue weighted by molar-refractivity contribution is 5.82. The van der Waals surface area contributed by atoms with Gasteiger partial charge in [0.15, 0.2) is 0 Å². The van der Waals surface area contributed by atoms with Crippen LogP contribution in [-0.2, 0) is 4.79 Å². The SMILES string of the molecule is CCOc1ccc(-n2c(C(CC)N(CCN(C)C)C(=O)C3CC3)nc3ccccc3c2=O)cc1. The normalized spacial score (nSPS) is 14.4. The number of rotatable bonds is 10. The Balaban J connectivity index is 1.88. The molecule has 1 saturated carbocycles. The summed E-state index contributed by atoms with van der Waals surface area (Å²) in [7, 11) is 4.01. The molecule has 180 valence electrons. The van der Waals surface area contributed by atoms with Gasteiger partial charge in [-0.2, -0.15) is 0 Å². The highest BCUT2D eigenvalue weighted by Gasteiger charge is 2.37. The number of likely N-dealkylation sites (N-methyl/N-ethyl adjacent to an activating group) is 1. The van der Waals surface area contributed by atoms with Crippen molar-refractivity contribution in [3.8, 4) is 11.4 Å². The summed E-state index contributed by atoms with van der Waals surface area (Å²) in [4.78, 5) is 36.1. The first-order valence-corrected chi connectivity index (χ1v) is 12.1. The van der Waals surface area contributed by atoms with E-state index < -0.39 is 0 Å². The first-order chi connectivity index (χ1) is 16.4. The topological polar surface area (TPSA) is 67.7 Å². The summed E-state index contributed by atoms with van der Waals surface area (Å²) in [6.45, 7) is 5.90. The summed E-state index contributed by atoms with van der Waals surface area (Å²) >= 11 is 0. The number of ether oxygens (including phenoxy) is 1. The average molecular weight is 463 g/mol. The van der Waals surface area contributed by atoms with Crippen LogP contribution in [0.15, 0.2) is 53.3 Å². The Morgan fingerprint density at radius 1 is 1.09 bits per heavy atom. The number of para-hydroxylation sites is 1. The summed E-state index contributed by atoms with van der Waals surface area (Å²) < 4.78 is 7.27. The molecule has 7 nitrogen and oxygen atoms in total. The molecule has 1 aliphatic carbocycles. The van der Waals surface area contributed by atoms with Crippen LogP contribution in [0.3, 0.4) is 0 Å². The number of nitrogens with zero attached hydrogens (tertiary/aromatic N) is 4. The van der Waals surface area contributed by atoms with Crippen LogP contribution in [0.2, 0.25) is 0 Å². The van der Waals surface area contributed by atoms with E-state index in [0.29, 0.717) is 42.0 Å². The van der Waals surface area contributed by atoms with Crippen molar-refractivity contribution in [3.63, 3.8) is 0 Å². The van der Waals surface area contributed by atoms with Crippen molar-refractivity contribution in [1.82, 2.24) is 19.4 Å². The summed E-state index contributed by atoms with van der Waals surface area (Å²) in [5.41, 5.74) is 1.23. The van der Waals surface area contributed by atoms with E-state index in [0.717, 1.165) is 25.1 Å². The van der Waals surface area contributed by atoms with Crippen molar-refractivity contribution < 1.29 is 9.53 Å². The third kappa shape index (κ3) is 4.99. The van der Waals surface area contributed by atoms with E-state index in [2.05, 4.69) is 11.8 Å². The summed E-state index contributed by atoms with van der Waals surface area (Å²) in [5.74, 6) is 1.60. The second-order valence-electron chi connectivity index (χ2n) is 9.09. The van der Waals surface area contributed by atoms with Gasteiger partial charge >= 0.3 is 0 Å². The molecule has 1 aromatic heterocycles. The molecule has 3 aromatic rings. The summed E-state index contributed by atoms with van der Waals surface area (Å²) in [6, 6.07) is 14.6. The predicted molar refractivity (Wildman–Crippen MR) is 135 cm³/mol. The van der Waals surface area contributed by atoms with Crippen LogP contribution in [0, 0.1) is 5.92 Å². The van der Waals surface area contributed by atoms with Crippen LogP contribution < -0.4 is 10.3 Å². The van der Waals surface area contributed by atoms with Gasteiger partial charge in [-0.15, -0.1) is 0 Å². The van der Waals surface area contributed by atoms with E-state index in [9.17, 15) is 9.59 Å². The van der Waals surface area contributed by atoms with Crippen molar-refractivity contribution >= 4 is 16.8 Å². The molecule has 0 N–H and O–H groups in total. The maximum Gasteiger partial charge on any atom is 0.266 e. The van der Waals surface area contributed by atoms with Gasteiger partial charge in [0.25, 0.3) is 5.56 Å². The largest absolute Gasteiger partial charge is 0.494 e. The van der Waals surface area contributed by atoms with Gasteiger partial charge in [0.1, 0.15) is 11.6 Å². The van der Waals surface area contributed by atoms with Gasteiger partial charge in [-0.05, 0) is 76.7 Å². The second-order valence-corrected chi connectivity index (χ2v) is 9.09. The Morgan fingerprint density at radius 2 is 1.79 bits per heavy atom. The molecule has 4 rings (SSSR count). The van der Waals surface area contributed by atoms with Crippen molar-refractivity contribution in [2.24, 2.45) is 5.92 Å². The average Bonchev–Trinajstić information content (AvgIpc) is 3.68. The lowest BCUT2D eigenvalue weighted by molar-refractivity contribution is -0.135. The van der Waals surface area contributed by atoms with Crippen LogP contribution in [0.1, 0.15) is 45.0 Å². The first kappa shape index (κ1) is 24.0. The lowest BCUT2D eigenvalue weighted by Crippen LogP contribution is -2.42. The third-order valence-electron chi connectivity index (χ3n) is 6.27. The lowest BCUT2D eigenvalue weighted by atomic mass is 10.1. The maximum absolute atomic E-state index is 13.8. The number of benzene rings is 2. The lowest BCUT2D eigenvalue weighted by Gasteiger charge is -2.33. The maximum atomic E-state index is 13.8. The third-order valence-corrected chi connectivity index (χ3v) is 6.27. The Kier molecular flexibility index (Phi) is 7.32. The van der Waals surface area contributed by atoms with Crippen LogP contribution in [0.25, 0.3) is 16.6 Å². The molecule has 0 aliphatic heterocycles. The van der Waals surface area contributed by atoms with E-state index in [1.807, 2.05) is 68.4 Å². The molecule has 0 spiro atoms. The molecule has 34 heavy (non-hydrogen) atoms. The van der Waals surface area contributed by atoms with E-state index >= 15 is 0 Å². The van der Waals surface area contributed by atoms with Gasteiger partial charge in [-0.1, -0.05) is 19.1 Å². The molecule has 7 heteroatoms. The summed E-state index contributed by atoms with van der Waals surface area (Å²) in [5, 5.41) is 0.559. The number of hydrogen-bond acceptors (Lipinski definition) is 5. The van der Waals surface area contributed by atoms with Crippen molar-refractivity contribution in [2.75, 3.05) is 33.8 Å². The van der Waals surface area contributed by atoms with Gasteiger partial charge in [0.2, 0.25) is 5.91 Å². The Labute approximate surface area is 201 Å². The molecule has 1 heterocycles. The van der Waals surface area contributed by atoms with Crippen LogP contribution >= 0.6 is 0 Å². The van der Waals surface area contributed by atoms with Gasteiger partial charge in [0, 0.05) is 19.0 Å². The Hall–Kier alpha value is -3.19. The van der Waals surface area contributed by atoms with E-state index in [-0.39, 0.29) is 23.4 Å². The van der Waals surface area contributed by atoms with Gasteiger partial charge in [0.05, 0.1) is 29.2 Å². The zero-order valence-corrected chi connectivity index (χ0v) is 20.5. The van der Waals surface area contributed by atoms with Gasteiger partial charge in [-0.3, -0.25) is 14.2 Å². The van der Waals surface area contributed by atoms with Crippen molar-refractivity contribution in [2.45, 2.75) is 39.2 Å². The molecule has 1 amide bonds. The standard InChI is InChI=1S/C27H34N4O3/c1-5-24(30(18-17-29(3)4)26(32)19-11-12-19)25-28-23-10-8-7-9-22(23)27(33)31(25)20-13-15-21(16-14-20)34-6-2/h7-10,13-16,19,24H,5-6,11-12,17-18H2,1-4H3. The van der Waals surface area contributed by atoms with Gasteiger partial charge < -0.3 is 14.5 Å². The van der Waals surface area contributed by atoms with Crippen LogP contribution in [-0.4, -0.2) is 59.0 Å². The van der Waals surface area contributed by atoms with E-state index in [1.54, 1.807) is 10.6 Å². The monoisotopic (exact) mass is 462 g/mol. The summed E-state index contributed by atoms with van der Waals surface area (Å²) in [6.07, 6.45) is 2.53. The minimum atomic E-state index is -0.308. The Morgan fingerprint density at radius 3 is 2.41 bits per heavy atom. The number of carbonyl (C=O) groups is 1. The Bertz CT molecular complexity index is 1200. The number of hydrogen-bond donors (Lipinski definition) is 0. The molecule has 0 bridgehead atoms. The van der Waals surface area contributed by atoms with Crippen molar-refractivity contribution in [1.29, 1.82) is 0 Å². The molecule has 1 aliphatic rings. The van der Waals surface area contributed by atoms with Crippen LogP contribution in [0.4, 0.5) is 0 Å². The van der Waals surface area contributed by atoms with E-state index in [1.165, 1.54) is 0 Å². The fourth-order valence-corrected chi connectivity index (χ4v) is 4.32. The smallest absolute Gasteiger partial charge is 0.266 e. The number of aromatic nitrogens is 2. The molecule has 1 atom stereocenters. The first-order valence-electron chi connectivity index (χ1n) is 12.1. The zero-order chi connectivity index (χ0) is 24.2. The number of amides is 1.